The van der Waals surface area contributed by atoms with Crippen molar-refractivity contribution in [3.8, 4) is 0 Å². The Morgan fingerprint density at radius 2 is 1.50 bits per heavy atom. The fourth-order valence-corrected chi connectivity index (χ4v) is 3.24. The van der Waals surface area contributed by atoms with Crippen LogP contribution in [0.3, 0.4) is 0 Å². The average molecular weight is 254 g/mol. The molecule has 2 nitrogen and oxygen atoms in total. The van der Waals surface area contributed by atoms with Gasteiger partial charge in [-0.25, -0.2) is 0 Å². The number of unbranched alkanes of at least 4 members (excludes halogenated alkanes) is 2. The Morgan fingerprint density at radius 3 is 1.94 bits per heavy atom. The first-order chi connectivity index (χ1) is 8.76. The quantitative estimate of drug-likeness (QED) is 0.678. The van der Waals surface area contributed by atoms with Crippen molar-refractivity contribution in [2.75, 3.05) is 26.2 Å². The molecule has 0 atom stereocenters. The van der Waals surface area contributed by atoms with Crippen LogP contribution in [0.5, 0.6) is 0 Å². The summed E-state index contributed by atoms with van der Waals surface area (Å²) >= 11 is 0. The molecule has 1 aliphatic rings. The molecule has 0 amide bonds. The molecule has 18 heavy (non-hydrogen) atoms. The fraction of sp³-hybridized carbons (Fsp3) is 1.00. The highest BCUT2D eigenvalue weighted by molar-refractivity contribution is 4.86. The number of hydrogen-bond donors (Lipinski definition) is 1. The van der Waals surface area contributed by atoms with Crippen LogP contribution in [0.15, 0.2) is 0 Å². The number of hydrogen-bond acceptors (Lipinski definition) is 2. The predicted molar refractivity (Wildman–Crippen MR) is 80.8 cm³/mol. The van der Waals surface area contributed by atoms with Crippen molar-refractivity contribution >= 4 is 0 Å². The second-order valence-corrected chi connectivity index (χ2v) is 6.25. The van der Waals surface area contributed by atoms with E-state index in [4.69, 9.17) is 5.73 Å². The molecule has 0 saturated heterocycles. The third-order valence-electron chi connectivity index (χ3n) is 4.56. The molecule has 108 valence electrons. The molecule has 1 rings (SSSR count). The first-order valence-electron chi connectivity index (χ1n) is 8.19. The van der Waals surface area contributed by atoms with E-state index in [0.29, 0.717) is 5.41 Å². The van der Waals surface area contributed by atoms with Crippen molar-refractivity contribution in [3.05, 3.63) is 0 Å². The number of rotatable bonds is 9. The summed E-state index contributed by atoms with van der Waals surface area (Å²) in [6.45, 7) is 9.27. The minimum absolute atomic E-state index is 0.444. The van der Waals surface area contributed by atoms with Crippen LogP contribution in [-0.2, 0) is 0 Å². The molecular weight excluding hydrogens is 220 g/mol. The minimum atomic E-state index is 0.444. The van der Waals surface area contributed by atoms with E-state index in [-0.39, 0.29) is 0 Å². The lowest BCUT2D eigenvalue weighted by Gasteiger charge is -2.40. The highest BCUT2D eigenvalue weighted by Crippen LogP contribution is 2.36. The lowest BCUT2D eigenvalue weighted by Crippen LogP contribution is -2.44. The largest absolute Gasteiger partial charge is 0.330 e. The maximum atomic E-state index is 6.12. The summed E-state index contributed by atoms with van der Waals surface area (Å²) in [5.74, 6) is 0. The van der Waals surface area contributed by atoms with Gasteiger partial charge in [0.2, 0.25) is 0 Å². The van der Waals surface area contributed by atoms with E-state index >= 15 is 0 Å². The molecule has 2 N–H and O–H groups in total. The zero-order valence-electron chi connectivity index (χ0n) is 12.7. The van der Waals surface area contributed by atoms with E-state index < -0.39 is 0 Å². The predicted octanol–water partition coefficient (Wildman–Crippen LogP) is 3.80. The Kier molecular flexibility index (Phi) is 7.92. The molecule has 0 spiro atoms. The van der Waals surface area contributed by atoms with Gasteiger partial charge in [-0.3, -0.25) is 0 Å². The molecule has 2 heteroatoms. The van der Waals surface area contributed by atoms with Crippen LogP contribution in [0.2, 0.25) is 0 Å². The molecule has 0 heterocycles. The van der Waals surface area contributed by atoms with Gasteiger partial charge in [0.1, 0.15) is 0 Å². The Balaban J connectivity index is 2.49. The molecule has 1 saturated carbocycles. The minimum Gasteiger partial charge on any atom is -0.330 e. The van der Waals surface area contributed by atoms with Gasteiger partial charge < -0.3 is 10.6 Å². The molecule has 0 aromatic rings. The van der Waals surface area contributed by atoms with Crippen LogP contribution in [0.25, 0.3) is 0 Å². The maximum absolute atomic E-state index is 6.12. The lowest BCUT2D eigenvalue weighted by molar-refractivity contribution is 0.109. The molecule has 0 aliphatic heterocycles. The van der Waals surface area contributed by atoms with Gasteiger partial charge in [0.25, 0.3) is 0 Å². The molecule has 0 aromatic heterocycles. The average Bonchev–Trinajstić information content (AvgIpc) is 2.43. The number of nitrogens with two attached hydrogens (primary N) is 1. The van der Waals surface area contributed by atoms with Crippen LogP contribution in [0, 0.1) is 5.41 Å². The van der Waals surface area contributed by atoms with E-state index in [1.165, 1.54) is 77.4 Å². The summed E-state index contributed by atoms with van der Waals surface area (Å²) in [6, 6.07) is 0. The SMILES string of the molecule is CCCCN(CCCC)CC1(CN)CCCCC1. The van der Waals surface area contributed by atoms with E-state index in [0.717, 1.165) is 6.54 Å². The van der Waals surface area contributed by atoms with Gasteiger partial charge in [0, 0.05) is 6.54 Å². The Bertz CT molecular complexity index is 189. The van der Waals surface area contributed by atoms with E-state index in [2.05, 4.69) is 18.7 Å². The van der Waals surface area contributed by atoms with Crippen molar-refractivity contribution in [1.82, 2.24) is 4.90 Å². The third kappa shape index (κ3) is 5.27. The summed E-state index contributed by atoms with van der Waals surface area (Å²) in [6.07, 6.45) is 12.2. The van der Waals surface area contributed by atoms with Gasteiger partial charge in [0.05, 0.1) is 0 Å². The summed E-state index contributed by atoms with van der Waals surface area (Å²) in [7, 11) is 0. The highest BCUT2D eigenvalue weighted by Gasteiger charge is 2.32. The summed E-state index contributed by atoms with van der Waals surface area (Å²) < 4.78 is 0. The van der Waals surface area contributed by atoms with E-state index in [1.807, 2.05) is 0 Å². The first kappa shape index (κ1) is 16.0. The zero-order valence-corrected chi connectivity index (χ0v) is 12.7. The van der Waals surface area contributed by atoms with Crippen LogP contribution in [-0.4, -0.2) is 31.1 Å². The van der Waals surface area contributed by atoms with Gasteiger partial charge in [-0.1, -0.05) is 46.0 Å². The summed E-state index contributed by atoms with van der Waals surface area (Å²) in [4.78, 5) is 2.70. The van der Waals surface area contributed by atoms with Crippen LogP contribution in [0.1, 0.15) is 71.6 Å². The van der Waals surface area contributed by atoms with E-state index in [1.54, 1.807) is 0 Å². The molecule has 1 aliphatic carbocycles. The van der Waals surface area contributed by atoms with Gasteiger partial charge in [-0.05, 0) is 50.7 Å². The van der Waals surface area contributed by atoms with Crippen molar-refractivity contribution in [3.63, 3.8) is 0 Å². The smallest absolute Gasteiger partial charge is 0.00501 e. The Morgan fingerprint density at radius 1 is 0.944 bits per heavy atom. The summed E-state index contributed by atoms with van der Waals surface area (Å²) in [5.41, 5.74) is 6.56. The van der Waals surface area contributed by atoms with Crippen LogP contribution < -0.4 is 5.73 Å². The fourth-order valence-electron chi connectivity index (χ4n) is 3.24. The molecular formula is C16H34N2. The van der Waals surface area contributed by atoms with Crippen molar-refractivity contribution in [2.45, 2.75) is 71.6 Å². The normalized spacial score (nSPS) is 19.3. The van der Waals surface area contributed by atoms with Gasteiger partial charge >= 0.3 is 0 Å². The van der Waals surface area contributed by atoms with Crippen molar-refractivity contribution in [2.24, 2.45) is 11.1 Å². The molecule has 1 fully saturated rings. The second kappa shape index (κ2) is 8.92. The van der Waals surface area contributed by atoms with Crippen LogP contribution in [0.4, 0.5) is 0 Å². The standard InChI is InChI=1S/C16H34N2/c1-3-5-12-18(13-6-4-2)15-16(14-17)10-8-7-9-11-16/h3-15,17H2,1-2H3. The van der Waals surface area contributed by atoms with Crippen molar-refractivity contribution < 1.29 is 0 Å². The third-order valence-corrected chi connectivity index (χ3v) is 4.56. The highest BCUT2D eigenvalue weighted by atomic mass is 15.1. The molecule has 0 radical (unpaired) electrons. The molecule has 0 aromatic carbocycles. The molecule has 0 unspecified atom stereocenters. The number of nitrogens with zero attached hydrogens (tertiary/aromatic N) is 1. The molecule has 0 bridgehead atoms. The lowest BCUT2D eigenvalue weighted by atomic mass is 9.73. The van der Waals surface area contributed by atoms with Gasteiger partial charge in [-0.15, -0.1) is 0 Å². The summed E-state index contributed by atoms with van der Waals surface area (Å²) in [5, 5.41) is 0. The maximum Gasteiger partial charge on any atom is 0.00501 e. The Labute approximate surface area is 114 Å². The van der Waals surface area contributed by atoms with Gasteiger partial charge in [0.15, 0.2) is 0 Å². The zero-order chi connectivity index (χ0) is 13.3. The monoisotopic (exact) mass is 254 g/mol. The first-order valence-corrected chi connectivity index (χ1v) is 8.19. The van der Waals surface area contributed by atoms with E-state index in [9.17, 15) is 0 Å². The van der Waals surface area contributed by atoms with Crippen molar-refractivity contribution in [1.29, 1.82) is 0 Å². The van der Waals surface area contributed by atoms with Gasteiger partial charge in [-0.2, -0.15) is 0 Å². The Hall–Kier alpha value is -0.0800. The second-order valence-electron chi connectivity index (χ2n) is 6.25. The topological polar surface area (TPSA) is 29.3 Å². The van der Waals surface area contributed by atoms with Crippen LogP contribution >= 0.6 is 0 Å².